The van der Waals surface area contributed by atoms with Crippen LogP contribution in [0.2, 0.25) is 0 Å². The number of terminal acetylenes is 1. The molecular weight excluding hydrogens is 192 g/mol. The van der Waals surface area contributed by atoms with Crippen molar-refractivity contribution in [1.29, 1.82) is 0 Å². The number of methoxy groups -OCH3 is 1. The summed E-state index contributed by atoms with van der Waals surface area (Å²) in [5, 5.41) is 0. The Kier molecular flexibility index (Phi) is 5.13. The molecule has 15 heavy (non-hydrogen) atoms. The van der Waals surface area contributed by atoms with Gasteiger partial charge in [0, 0.05) is 7.11 Å². The van der Waals surface area contributed by atoms with Crippen LogP contribution in [0.25, 0.3) is 0 Å². The molecule has 0 atom stereocenters. The molecule has 0 spiro atoms. The summed E-state index contributed by atoms with van der Waals surface area (Å²) in [6, 6.07) is 7.31. The minimum Gasteiger partial charge on any atom is -0.491 e. The van der Waals surface area contributed by atoms with Crippen molar-refractivity contribution in [3.8, 4) is 23.8 Å². The van der Waals surface area contributed by atoms with Gasteiger partial charge in [0.2, 0.25) is 0 Å². The van der Waals surface area contributed by atoms with Crippen molar-refractivity contribution in [3.05, 3.63) is 24.3 Å². The van der Waals surface area contributed by atoms with Gasteiger partial charge in [-0.1, -0.05) is 5.92 Å². The van der Waals surface area contributed by atoms with E-state index in [2.05, 4.69) is 5.92 Å². The summed E-state index contributed by atoms with van der Waals surface area (Å²) in [6.45, 7) is 1.40. The summed E-state index contributed by atoms with van der Waals surface area (Å²) in [6.07, 6.45) is 5.07. The predicted molar refractivity (Wildman–Crippen MR) is 58.1 cm³/mol. The Morgan fingerprint density at radius 3 is 2.20 bits per heavy atom. The minimum atomic E-state index is 0.282. The molecule has 0 amide bonds. The maximum Gasteiger partial charge on any atom is 0.148 e. The van der Waals surface area contributed by atoms with Gasteiger partial charge in [0.25, 0.3) is 0 Å². The molecule has 3 heteroatoms. The van der Waals surface area contributed by atoms with Gasteiger partial charge in [0.15, 0.2) is 0 Å². The van der Waals surface area contributed by atoms with Crippen LogP contribution in [0.5, 0.6) is 11.5 Å². The average Bonchev–Trinajstić information content (AvgIpc) is 2.28. The van der Waals surface area contributed by atoms with Crippen LogP contribution >= 0.6 is 0 Å². The molecule has 0 aliphatic rings. The van der Waals surface area contributed by atoms with Crippen LogP contribution in [0.3, 0.4) is 0 Å². The van der Waals surface area contributed by atoms with Gasteiger partial charge in [0.05, 0.1) is 6.61 Å². The van der Waals surface area contributed by atoms with Crippen LogP contribution in [0.15, 0.2) is 24.3 Å². The van der Waals surface area contributed by atoms with E-state index < -0.39 is 0 Å². The monoisotopic (exact) mass is 206 g/mol. The van der Waals surface area contributed by atoms with Crippen molar-refractivity contribution in [2.24, 2.45) is 0 Å². The van der Waals surface area contributed by atoms with Crippen LogP contribution in [-0.2, 0) is 4.74 Å². The normalized spacial score (nSPS) is 9.33. The standard InChI is InChI=1S/C12H14O3/c1-3-8-14-11-4-6-12(7-5-11)15-10-9-13-2/h1,4-7H,8-10H2,2H3. The number of rotatable bonds is 6. The Morgan fingerprint density at radius 2 is 1.67 bits per heavy atom. The zero-order valence-corrected chi connectivity index (χ0v) is 8.73. The first kappa shape index (κ1) is 11.4. The van der Waals surface area contributed by atoms with Gasteiger partial charge >= 0.3 is 0 Å². The topological polar surface area (TPSA) is 27.7 Å². The Bertz CT molecular complexity index is 311. The van der Waals surface area contributed by atoms with Crippen LogP contribution in [0, 0.1) is 12.3 Å². The number of hydrogen-bond donors (Lipinski definition) is 0. The van der Waals surface area contributed by atoms with E-state index >= 15 is 0 Å². The lowest BCUT2D eigenvalue weighted by atomic mass is 10.3. The Labute approximate surface area is 90.0 Å². The lowest BCUT2D eigenvalue weighted by molar-refractivity contribution is 0.146. The third kappa shape index (κ3) is 4.39. The van der Waals surface area contributed by atoms with Crippen molar-refractivity contribution < 1.29 is 14.2 Å². The highest BCUT2D eigenvalue weighted by Crippen LogP contribution is 2.17. The molecule has 0 saturated carbocycles. The maximum absolute atomic E-state index is 5.38. The zero-order valence-electron chi connectivity index (χ0n) is 8.73. The lowest BCUT2D eigenvalue weighted by Gasteiger charge is -2.06. The highest BCUT2D eigenvalue weighted by Gasteiger charge is 1.95. The first-order chi connectivity index (χ1) is 7.36. The zero-order chi connectivity index (χ0) is 10.9. The molecule has 0 heterocycles. The summed E-state index contributed by atoms with van der Waals surface area (Å²) in [5.74, 6) is 3.94. The molecule has 0 aliphatic heterocycles. The molecule has 1 aromatic rings. The molecule has 80 valence electrons. The van der Waals surface area contributed by atoms with E-state index in [0.29, 0.717) is 13.2 Å². The lowest BCUT2D eigenvalue weighted by Crippen LogP contribution is -2.04. The van der Waals surface area contributed by atoms with E-state index in [4.69, 9.17) is 20.6 Å². The van der Waals surface area contributed by atoms with Crippen molar-refractivity contribution in [2.45, 2.75) is 0 Å². The quantitative estimate of drug-likeness (QED) is 0.524. The molecule has 1 rings (SSSR count). The van der Waals surface area contributed by atoms with E-state index in [0.717, 1.165) is 11.5 Å². The fourth-order valence-corrected chi connectivity index (χ4v) is 1.000. The first-order valence-electron chi connectivity index (χ1n) is 4.65. The van der Waals surface area contributed by atoms with Gasteiger partial charge in [-0.15, -0.1) is 6.42 Å². The largest absolute Gasteiger partial charge is 0.491 e. The van der Waals surface area contributed by atoms with Crippen molar-refractivity contribution in [3.63, 3.8) is 0 Å². The van der Waals surface area contributed by atoms with Crippen LogP contribution in [0.4, 0.5) is 0 Å². The summed E-state index contributed by atoms with van der Waals surface area (Å²) in [5.41, 5.74) is 0. The number of benzene rings is 1. The highest BCUT2D eigenvalue weighted by atomic mass is 16.5. The summed E-state index contributed by atoms with van der Waals surface area (Å²) < 4.78 is 15.5. The van der Waals surface area contributed by atoms with Crippen LogP contribution < -0.4 is 9.47 Å². The summed E-state index contributed by atoms with van der Waals surface area (Å²) in [4.78, 5) is 0. The van der Waals surface area contributed by atoms with Gasteiger partial charge < -0.3 is 14.2 Å². The van der Waals surface area contributed by atoms with E-state index in [9.17, 15) is 0 Å². The second-order valence-electron chi connectivity index (χ2n) is 2.81. The van der Waals surface area contributed by atoms with Crippen molar-refractivity contribution in [1.82, 2.24) is 0 Å². The Morgan fingerprint density at radius 1 is 1.07 bits per heavy atom. The SMILES string of the molecule is C#CCOc1ccc(OCCOC)cc1. The molecule has 0 unspecified atom stereocenters. The second-order valence-corrected chi connectivity index (χ2v) is 2.81. The number of ether oxygens (including phenoxy) is 3. The predicted octanol–water partition coefficient (Wildman–Crippen LogP) is 1.72. The summed E-state index contributed by atoms with van der Waals surface area (Å²) in [7, 11) is 1.64. The van der Waals surface area contributed by atoms with E-state index in [-0.39, 0.29) is 6.61 Å². The molecule has 0 fully saturated rings. The first-order valence-corrected chi connectivity index (χ1v) is 4.65. The third-order valence-corrected chi connectivity index (χ3v) is 1.70. The van der Waals surface area contributed by atoms with Crippen molar-refractivity contribution >= 4 is 0 Å². The molecule has 0 N–H and O–H groups in total. The smallest absolute Gasteiger partial charge is 0.148 e. The highest BCUT2D eigenvalue weighted by molar-refractivity contribution is 5.31. The van der Waals surface area contributed by atoms with E-state index in [1.54, 1.807) is 7.11 Å². The molecule has 0 aromatic heterocycles. The second kappa shape index (κ2) is 6.74. The molecule has 0 bridgehead atoms. The fourth-order valence-electron chi connectivity index (χ4n) is 1.000. The molecule has 0 aliphatic carbocycles. The molecule has 0 saturated heterocycles. The van der Waals surface area contributed by atoms with Crippen LogP contribution in [-0.4, -0.2) is 26.9 Å². The van der Waals surface area contributed by atoms with Gasteiger partial charge in [-0.05, 0) is 24.3 Å². The van der Waals surface area contributed by atoms with Gasteiger partial charge in [-0.3, -0.25) is 0 Å². The molecule has 3 nitrogen and oxygen atoms in total. The van der Waals surface area contributed by atoms with E-state index in [1.807, 2.05) is 24.3 Å². The average molecular weight is 206 g/mol. The Hall–Kier alpha value is -1.66. The van der Waals surface area contributed by atoms with Crippen molar-refractivity contribution in [2.75, 3.05) is 26.9 Å². The minimum absolute atomic E-state index is 0.282. The molecule has 1 aromatic carbocycles. The fraction of sp³-hybridized carbons (Fsp3) is 0.333. The van der Waals surface area contributed by atoms with E-state index in [1.165, 1.54) is 0 Å². The van der Waals surface area contributed by atoms with Crippen LogP contribution in [0.1, 0.15) is 0 Å². The van der Waals surface area contributed by atoms with Gasteiger partial charge in [-0.2, -0.15) is 0 Å². The van der Waals surface area contributed by atoms with Gasteiger partial charge in [0.1, 0.15) is 24.7 Å². The molecular formula is C12H14O3. The number of hydrogen-bond acceptors (Lipinski definition) is 3. The Balaban J connectivity index is 2.39. The third-order valence-electron chi connectivity index (χ3n) is 1.70. The van der Waals surface area contributed by atoms with Gasteiger partial charge in [-0.25, -0.2) is 0 Å². The maximum atomic E-state index is 5.38. The summed E-state index contributed by atoms with van der Waals surface area (Å²) >= 11 is 0. The molecule has 0 radical (unpaired) electrons.